The molecule has 0 aliphatic heterocycles. The predicted molar refractivity (Wildman–Crippen MR) is 100 cm³/mol. The number of primary amides is 2. The lowest BCUT2D eigenvalue weighted by Crippen LogP contribution is -2.09. The molecule has 156 valence electrons. The summed E-state index contributed by atoms with van der Waals surface area (Å²) in [5, 5.41) is 16.5. The third-order valence-corrected chi connectivity index (χ3v) is 3.44. The van der Waals surface area contributed by atoms with Crippen LogP contribution in [0.4, 0.5) is 0 Å². The zero-order chi connectivity index (χ0) is 19.9. The fourth-order valence-electron chi connectivity index (χ4n) is 2.11. The first-order chi connectivity index (χ1) is 12.5. The van der Waals surface area contributed by atoms with Crippen molar-refractivity contribution in [2.45, 2.75) is 64.2 Å². The normalized spacial score (nSPS) is 10.2. The van der Waals surface area contributed by atoms with Crippen LogP contribution in [0.25, 0.3) is 0 Å². The van der Waals surface area contributed by atoms with E-state index in [1.807, 2.05) is 0 Å². The van der Waals surface area contributed by atoms with Crippen LogP contribution in [0.3, 0.4) is 0 Å². The van der Waals surface area contributed by atoms with Crippen LogP contribution in [0.5, 0.6) is 0 Å². The maximum Gasteiger partial charge on any atom is 0.217 e. The molecule has 0 saturated carbocycles. The highest BCUT2D eigenvalue weighted by Gasteiger charge is 1.96. The maximum atomic E-state index is 10.4. The minimum atomic E-state index is -0.202. The Morgan fingerprint density at radius 1 is 0.577 bits per heavy atom. The van der Waals surface area contributed by atoms with Gasteiger partial charge in [-0.25, -0.2) is 0 Å². The Kier molecular flexibility index (Phi) is 24.7. The van der Waals surface area contributed by atoms with Crippen molar-refractivity contribution in [1.82, 2.24) is 0 Å². The molecule has 2 amide bonds. The van der Waals surface area contributed by atoms with E-state index in [9.17, 15) is 9.59 Å². The van der Waals surface area contributed by atoms with Gasteiger partial charge in [-0.3, -0.25) is 9.59 Å². The van der Waals surface area contributed by atoms with Gasteiger partial charge in [-0.1, -0.05) is 38.5 Å². The first kappa shape index (κ1) is 27.0. The molecule has 0 aromatic heterocycles. The second-order valence-corrected chi connectivity index (χ2v) is 5.93. The summed E-state index contributed by atoms with van der Waals surface area (Å²) in [4.78, 5) is 20.9. The third-order valence-electron chi connectivity index (χ3n) is 3.44. The van der Waals surface area contributed by atoms with Crippen molar-refractivity contribution < 1.29 is 29.3 Å². The minimum Gasteiger partial charge on any atom is -0.394 e. The van der Waals surface area contributed by atoms with Crippen LogP contribution in [0.2, 0.25) is 0 Å². The zero-order valence-corrected chi connectivity index (χ0v) is 16.0. The van der Waals surface area contributed by atoms with Gasteiger partial charge < -0.3 is 31.2 Å². The Morgan fingerprint density at radius 3 is 1.15 bits per heavy atom. The molecule has 0 aliphatic carbocycles. The topological polar surface area (TPSA) is 145 Å². The fourth-order valence-corrected chi connectivity index (χ4v) is 2.11. The van der Waals surface area contributed by atoms with E-state index >= 15 is 0 Å². The Morgan fingerprint density at radius 2 is 0.885 bits per heavy atom. The molecular formula is C18H38N2O6. The minimum absolute atomic E-state index is 0.0417. The molecule has 0 radical (unpaired) electrons. The van der Waals surface area contributed by atoms with Crippen molar-refractivity contribution in [3.63, 3.8) is 0 Å². The highest BCUT2D eigenvalue weighted by atomic mass is 16.5. The van der Waals surface area contributed by atoms with Crippen molar-refractivity contribution in [3.05, 3.63) is 0 Å². The summed E-state index contributed by atoms with van der Waals surface area (Å²) < 4.78 is 9.75. The number of hydrogen-bond donors (Lipinski definition) is 4. The van der Waals surface area contributed by atoms with Crippen LogP contribution in [0, 0.1) is 0 Å². The lowest BCUT2D eigenvalue weighted by molar-refractivity contribution is -0.119. The lowest BCUT2D eigenvalue weighted by Gasteiger charge is -2.01. The second-order valence-electron chi connectivity index (χ2n) is 5.93. The molecular weight excluding hydrogens is 340 g/mol. The van der Waals surface area contributed by atoms with Gasteiger partial charge in [0, 0.05) is 12.8 Å². The number of aliphatic hydroxyl groups is 2. The molecule has 6 N–H and O–H groups in total. The molecule has 0 heterocycles. The molecule has 0 aliphatic rings. The van der Waals surface area contributed by atoms with Crippen LogP contribution < -0.4 is 11.5 Å². The van der Waals surface area contributed by atoms with Crippen LogP contribution in [0.15, 0.2) is 0 Å². The van der Waals surface area contributed by atoms with Gasteiger partial charge in [0.25, 0.3) is 0 Å². The van der Waals surface area contributed by atoms with E-state index in [1.165, 1.54) is 25.7 Å². The van der Waals surface area contributed by atoms with Crippen LogP contribution >= 0.6 is 0 Å². The number of rotatable bonds is 18. The molecule has 0 bridgehead atoms. The third kappa shape index (κ3) is 30.6. The molecule has 0 saturated heterocycles. The van der Waals surface area contributed by atoms with E-state index in [0.29, 0.717) is 39.3 Å². The summed E-state index contributed by atoms with van der Waals surface area (Å²) in [6.45, 7) is 1.73. The maximum absolute atomic E-state index is 10.4. The van der Waals surface area contributed by atoms with E-state index < -0.39 is 0 Å². The second kappa shape index (κ2) is 23.8. The van der Waals surface area contributed by atoms with Gasteiger partial charge in [0.15, 0.2) is 0 Å². The van der Waals surface area contributed by atoms with Crippen molar-refractivity contribution in [2.75, 3.05) is 39.6 Å². The Labute approximate surface area is 157 Å². The number of ether oxygens (including phenoxy) is 2. The van der Waals surface area contributed by atoms with Gasteiger partial charge in [-0.15, -0.1) is 0 Å². The Bertz CT molecular complexity index is 286. The molecule has 8 nitrogen and oxygen atoms in total. The largest absolute Gasteiger partial charge is 0.394 e. The van der Waals surface area contributed by atoms with Crippen LogP contribution in [-0.4, -0.2) is 61.7 Å². The molecule has 0 aromatic carbocycles. The summed E-state index contributed by atoms with van der Waals surface area (Å²) in [5.41, 5.74) is 10.1. The van der Waals surface area contributed by atoms with Crippen molar-refractivity contribution in [2.24, 2.45) is 11.5 Å². The van der Waals surface area contributed by atoms with Gasteiger partial charge in [0.1, 0.15) is 0 Å². The van der Waals surface area contributed by atoms with E-state index in [0.717, 1.165) is 25.7 Å². The molecule has 0 rings (SSSR count). The van der Waals surface area contributed by atoms with Gasteiger partial charge in [-0.2, -0.15) is 0 Å². The number of amides is 2. The monoisotopic (exact) mass is 378 g/mol. The summed E-state index contributed by atoms with van der Waals surface area (Å²) in [7, 11) is 0. The molecule has 26 heavy (non-hydrogen) atoms. The number of hydrogen-bond acceptors (Lipinski definition) is 6. The van der Waals surface area contributed by atoms with Gasteiger partial charge in [-0.05, 0) is 12.8 Å². The van der Waals surface area contributed by atoms with E-state index in [-0.39, 0.29) is 25.0 Å². The molecule has 8 heteroatoms. The van der Waals surface area contributed by atoms with Crippen molar-refractivity contribution in [1.29, 1.82) is 0 Å². The average Bonchev–Trinajstić information content (AvgIpc) is 2.60. The van der Waals surface area contributed by atoms with E-state index in [1.54, 1.807) is 0 Å². The SMILES string of the molecule is NC(=O)CCCCCCCCCCC(N)=O.OCCOCCOCCO. The van der Waals surface area contributed by atoms with Gasteiger partial charge >= 0.3 is 0 Å². The summed E-state index contributed by atoms with van der Waals surface area (Å²) in [5.74, 6) is -0.405. The molecule has 0 atom stereocenters. The van der Waals surface area contributed by atoms with Gasteiger partial charge in [0.05, 0.1) is 39.6 Å². The highest BCUT2D eigenvalue weighted by molar-refractivity contribution is 5.73. The van der Waals surface area contributed by atoms with Gasteiger partial charge in [0.2, 0.25) is 11.8 Å². The van der Waals surface area contributed by atoms with E-state index in [2.05, 4.69) is 0 Å². The number of aliphatic hydroxyl groups excluding tert-OH is 2. The van der Waals surface area contributed by atoms with Crippen LogP contribution in [0.1, 0.15) is 64.2 Å². The summed E-state index contributed by atoms with van der Waals surface area (Å²) >= 11 is 0. The number of carbonyl (C=O) groups excluding carboxylic acids is 2. The summed E-state index contributed by atoms with van der Waals surface area (Å²) in [6, 6.07) is 0. The quantitative estimate of drug-likeness (QED) is 0.260. The molecule has 0 unspecified atom stereocenters. The first-order valence-corrected chi connectivity index (χ1v) is 9.48. The Hall–Kier alpha value is -1.22. The zero-order valence-electron chi connectivity index (χ0n) is 16.0. The van der Waals surface area contributed by atoms with Crippen LogP contribution in [-0.2, 0) is 19.1 Å². The van der Waals surface area contributed by atoms with Crippen molar-refractivity contribution >= 4 is 11.8 Å². The number of carbonyl (C=O) groups is 2. The molecule has 0 aromatic rings. The fraction of sp³-hybridized carbons (Fsp3) is 0.889. The standard InChI is InChI=1S/C12H24N2O2.C6H14O4/c13-11(15)9-7-5-3-1-2-4-6-8-10-12(14)16;7-1-3-9-5-6-10-4-2-8/h1-10H2,(H2,13,15)(H2,14,16);7-8H,1-6H2. The number of unbranched alkanes of at least 4 members (excludes halogenated alkanes) is 7. The molecule has 0 fully saturated rings. The predicted octanol–water partition coefficient (Wildman–Crippen LogP) is 0.862. The first-order valence-electron chi connectivity index (χ1n) is 9.48. The van der Waals surface area contributed by atoms with E-state index in [4.69, 9.17) is 31.2 Å². The smallest absolute Gasteiger partial charge is 0.217 e. The average molecular weight is 379 g/mol. The lowest BCUT2D eigenvalue weighted by atomic mass is 10.1. The summed E-state index contributed by atoms with van der Waals surface area (Å²) in [6.07, 6.45) is 9.77. The van der Waals surface area contributed by atoms with Crippen molar-refractivity contribution in [3.8, 4) is 0 Å². The number of nitrogens with two attached hydrogens (primary N) is 2. The highest BCUT2D eigenvalue weighted by Crippen LogP contribution is 2.10. The Balaban J connectivity index is 0. The molecule has 0 spiro atoms.